The average molecular weight is 201 g/mol. The monoisotopic (exact) mass is 201 g/mol. The van der Waals surface area contributed by atoms with Crippen LogP contribution in [0.25, 0.3) is 0 Å². The molecular formula is C11H23NO2. The summed E-state index contributed by atoms with van der Waals surface area (Å²) in [5.41, 5.74) is -0.662. The van der Waals surface area contributed by atoms with Crippen molar-refractivity contribution in [2.24, 2.45) is 5.41 Å². The van der Waals surface area contributed by atoms with E-state index in [0.29, 0.717) is 18.0 Å². The summed E-state index contributed by atoms with van der Waals surface area (Å²) >= 11 is 0. The molecule has 0 aromatic rings. The molecule has 1 rings (SSSR count). The minimum Gasteiger partial charge on any atom is -0.393 e. The van der Waals surface area contributed by atoms with E-state index in [-0.39, 0.29) is 6.61 Å². The van der Waals surface area contributed by atoms with Gasteiger partial charge in [-0.3, -0.25) is 0 Å². The third-order valence-electron chi connectivity index (χ3n) is 3.33. The molecule has 0 radical (unpaired) electrons. The molecule has 84 valence electrons. The zero-order valence-electron chi connectivity index (χ0n) is 9.51. The third-order valence-corrected chi connectivity index (χ3v) is 3.33. The predicted molar refractivity (Wildman–Crippen MR) is 57.1 cm³/mol. The average Bonchev–Trinajstić information content (AvgIpc) is 2.42. The van der Waals surface area contributed by atoms with Crippen LogP contribution in [0.15, 0.2) is 0 Å². The fourth-order valence-electron chi connectivity index (χ4n) is 2.10. The van der Waals surface area contributed by atoms with Crippen LogP contribution in [0.3, 0.4) is 0 Å². The number of hydrogen-bond acceptors (Lipinski definition) is 3. The largest absolute Gasteiger partial charge is 0.393 e. The molecule has 3 nitrogen and oxygen atoms in total. The molecule has 2 atom stereocenters. The van der Waals surface area contributed by atoms with Crippen molar-refractivity contribution in [2.75, 3.05) is 13.2 Å². The van der Waals surface area contributed by atoms with E-state index in [4.69, 9.17) is 5.11 Å². The van der Waals surface area contributed by atoms with Crippen molar-refractivity contribution in [2.45, 2.75) is 51.7 Å². The van der Waals surface area contributed by atoms with Crippen LogP contribution in [-0.2, 0) is 0 Å². The fraction of sp³-hybridized carbons (Fsp3) is 1.00. The predicted octanol–water partition coefficient (Wildman–Crippen LogP) is 0.898. The van der Waals surface area contributed by atoms with Crippen LogP contribution < -0.4 is 5.32 Å². The Morgan fingerprint density at radius 3 is 2.57 bits per heavy atom. The number of aliphatic hydroxyl groups excluding tert-OH is 1. The summed E-state index contributed by atoms with van der Waals surface area (Å²) in [6, 6.07) is 0.473. The van der Waals surface area contributed by atoms with Gasteiger partial charge in [0.05, 0.1) is 12.2 Å². The van der Waals surface area contributed by atoms with Gasteiger partial charge in [-0.05, 0) is 25.2 Å². The van der Waals surface area contributed by atoms with E-state index >= 15 is 0 Å². The van der Waals surface area contributed by atoms with Gasteiger partial charge in [0.15, 0.2) is 0 Å². The van der Waals surface area contributed by atoms with Gasteiger partial charge in [-0.1, -0.05) is 20.3 Å². The molecule has 3 N–H and O–H groups in total. The lowest BCUT2D eigenvalue weighted by Crippen LogP contribution is -2.47. The molecule has 0 heterocycles. The van der Waals surface area contributed by atoms with Gasteiger partial charge in [-0.15, -0.1) is 0 Å². The molecule has 0 aliphatic heterocycles. The summed E-state index contributed by atoms with van der Waals surface area (Å²) in [6.07, 6.45) is 3.67. The molecular weight excluding hydrogens is 178 g/mol. The smallest absolute Gasteiger partial charge is 0.0972 e. The summed E-state index contributed by atoms with van der Waals surface area (Å²) in [5, 5.41) is 21.9. The maximum absolute atomic E-state index is 9.64. The molecule has 0 aromatic heterocycles. The lowest BCUT2D eigenvalue weighted by molar-refractivity contribution is -0.00156. The Bertz CT molecular complexity index is 190. The van der Waals surface area contributed by atoms with Crippen molar-refractivity contribution >= 4 is 0 Å². The lowest BCUT2D eigenvalue weighted by Gasteiger charge is -2.31. The van der Waals surface area contributed by atoms with Crippen molar-refractivity contribution < 1.29 is 10.2 Å². The third kappa shape index (κ3) is 2.94. The molecule has 1 fully saturated rings. The highest BCUT2D eigenvalue weighted by atomic mass is 16.3. The van der Waals surface area contributed by atoms with E-state index in [1.165, 1.54) is 19.3 Å². The van der Waals surface area contributed by atoms with E-state index in [2.05, 4.69) is 19.2 Å². The van der Waals surface area contributed by atoms with Gasteiger partial charge < -0.3 is 15.5 Å². The van der Waals surface area contributed by atoms with Gasteiger partial charge in [0, 0.05) is 12.6 Å². The lowest BCUT2D eigenvalue weighted by atomic mass is 9.87. The maximum atomic E-state index is 9.64. The number of aliphatic hydroxyl groups is 2. The normalized spacial score (nSPS) is 30.2. The minimum atomic E-state index is -0.987. The van der Waals surface area contributed by atoms with Gasteiger partial charge in [0.1, 0.15) is 0 Å². The van der Waals surface area contributed by atoms with E-state index < -0.39 is 5.60 Å². The molecule has 0 saturated heterocycles. The Balaban J connectivity index is 2.38. The Morgan fingerprint density at radius 2 is 2.14 bits per heavy atom. The molecule has 2 unspecified atom stereocenters. The van der Waals surface area contributed by atoms with Crippen LogP contribution in [0.5, 0.6) is 0 Å². The first kappa shape index (κ1) is 12.0. The molecule has 14 heavy (non-hydrogen) atoms. The molecule has 0 bridgehead atoms. The molecule has 1 aliphatic rings. The summed E-state index contributed by atoms with van der Waals surface area (Å²) < 4.78 is 0. The van der Waals surface area contributed by atoms with Crippen LogP contribution in [-0.4, -0.2) is 35.0 Å². The Hall–Kier alpha value is -0.120. The van der Waals surface area contributed by atoms with Crippen molar-refractivity contribution in [3.05, 3.63) is 0 Å². The summed E-state index contributed by atoms with van der Waals surface area (Å²) in [6.45, 7) is 6.45. The zero-order chi connectivity index (χ0) is 10.8. The van der Waals surface area contributed by atoms with Gasteiger partial charge in [-0.2, -0.15) is 0 Å². The van der Waals surface area contributed by atoms with Crippen LogP contribution in [0.4, 0.5) is 0 Å². The highest BCUT2D eigenvalue weighted by Crippen LogP contribution is 2.37. The van der Waals surface area contributed by atoms with E-state index in [1.54, 1.807) is 6.92 Å². The van der Waals surface area contributed by atoms with E-state index in [9.17, 15) is 5.11 Å². The first-order valence-corrected chi connectivity index (χ1v) is 5.44. The molecule has 0 spiro atoms. The van der Waals surface area contributed by atoms with Crippen molar-refractivity contribution in [3.8, 4) is 0 Å². The van der Waals surface area contributed by atoms with Crippen LogP contribution >= 0.6 is 0 Å². The fourth-order valence-corrected chi connectivity index (χ4v) is 2.10. The van der Waals surface area contributed by atoms with Gasteiger partial charge in [-0.25, -0.2) is 0 Å². The minimum absolute atomic E-state index is 0.187. The van der Waals surface area contributed by atoms with Gasteiger partial charge in [0.25, 0.3) is 0 Å². The first-order valence-electron chi connectivity index (χ1n) is 5.44. The highest BCUT2D eigenvalue weighted by molar-refractivity contribution is 4.91. The van der Waals surface area contributed by atoms with Crippen LogP contribution in [0.1, 0.15) is 40.0 Å². The topological polar surface area (TPSA) is 52.5 Å². The van der Waals surface area contributed by atoms with Crippen molar-refractivity contribution in [3.63, 3.8) is 0 Å². The number of hydrogen-bond donors (Lipinski definition) is 3. The second-order valence-corrected chi connectivity index (χ2v) is 5.47. The Kier molecular flexibility index (Phi) is 3.56. The van der Waals surface area contributed by atoms with Gasteiger partial charge >= 0.3 is 0 Å². The Labute approximate surface area is 86.5 Å². The second kappa shape index (κ2) is 4.17. The SMILES string of the molecule is CC(O)(CO)CNC1CCCC1(C)C. The van der Waals surface area contributed by atoms with Crippen molar-refractivity contribution in [1.82, 2.24) is 5.32 Å². The van der Waals surface area contributed by atoms with Crippen LogP contribution in [0, 0.1) is 5.41 Å². The summed E-state index contributed by atoms with van der Waals surface area (Å²) in [7, 11) is 0. The highest BCUT2D eigenvalue weighted by Gasteiger charge is 2.35. The van der Waals surface area contributed by atoms with E-state index in [0.717, 1.165) is 0 Å². The summed E-state index contributed by atoms with van der Waals surface area (Å²) in [5.74, 6) is 0. The molecule has 3 heteroatoms. The van der Waals surface area contributed by atoms with Crippen molar-refractivity contribution in [1.29, 1.82) is 0 Å². The molecule has 1 saturated carbocycles. The summed E-state index contributed by atoms with van der Waals surface area (Å²) in [4.78, 5) is 0. The zero-order valence-corrected chi connectivity index (χ0v) is 9.51. The standard InChI is InChI=1S/C11H23NO2/c1-10(2)6-4-5-9(10)12-7-11(3,14)8-13/h9,12-14H,4-8H2,1-3H3. The van der Waals surface area contributed by atoms with E-state index in [1.807, 2.05) is 0 Å². The number of rotatable bonds is 4. The molecule has 1 aliphatic carbocycles. The second-order valence-electron chi connectivity index (χ2n) is 5.47. The number of nitrogens with one attached hydrogen (secondary N) is 1. The van der Waals surface area contributed by atoms with Gasteiger partial charge in [0.2, 0.25) is 0 Å². The maximum Gasteiger partial charge on any atom is 0.0972 e. The first-order chi connectivity index (χ1) is 6.37. The van der Waals surface area contributed by atoms with Crippen LogP contribution in [0.2, 0.25) is 0 Å². The Morgan fingerprint density at radius 1 is 1.50 bits per heavy atom. The molecule has 0 aromatic carbocycles. The molecule has 0 amide bonds. The quantitative estimate of drug-likeness (QED) is 0.633.